The molecule has 0 aromatic carbocycles. The average molecular weight is 209 g/mol. The first kappa shape index (κ1) is 14.7. The van der Waals surface area contributed by atoms with Crippen LogP contribution in [0.25, 0.3) is 0 Å². The second-order valence-corrected chi connectivity index (χ2v) is 4.77. The van der Waals surface area contributed by atoms with E-state index in [4.69, 9.17) is 7.85 Å². The van der Waals surface area contributed by atoms with Gasteiger partial charge in [0, 0.05) is 12.0 Å². The molecule has 0 bridgehead atoms. The lowest BCUT2D eigenvalue weighted by molar-refractivity contribution is -0.121. The first-order valence-electron chi connectivity index (χ1n) is 5.97. The fraction of sp³-hybridized carbons (Fsp3) is 0.917. The zero-order chi connectivity index (χ0) is 11.8. The lowest BCUT2D eigenvalue weighted by Crippen LogP contribution is -2.23. The summed E-state index contributed by atoms with van der Waals surface area (Å²) in [5.41, 5.74) is 0. The molecular weight excluding hydrogens is 185 g/mol. The van der Waals surface area contributed by atoms with Crippen LogP contribution in [-0.4, -0.2) is 26.2 Å². The van der Waals surface area contributed by atoms with Crippen LogP contribution in [0.1, 0.15) is 47.0 Å². The van der Waals surface area contributed by atoms with Gasteiger partial charge in [0.2, 0.25) is 0 Å². The highest BCUT2D eigenvalue weighted by Gasteiger charge is 2.14. The zero-order valence-corrected chi connectivity index (χ0v) is 10.5. The quantitative estimate of drug-likeness (QED) is 0.491. The fourth-order valence-corrected chi connectivity index (χ4v) is 1.45. The van der Waals surface area contributed by atoms with Crippen LogP contribution in [0.2, 0.25) is 5.82 Å². The van der Waals surface area contributed by atoms with E-state index in [-0.39, 0.29) is 17.5 Å². The van der Waals surface area contributed by atoms with Gasteiger partial charge in [-0.3, -0.25) is 4.79 Å². The van der Waals surface area contributed by atoms with Gasteiger partial charge in [0.25, 0.3) is 0 Å². The van der Waals surface area contributed by atoms with Crippen molar-refractivity contribution < 1.29 is 4.79 Å². The summed E-state index contributed by atoms with van der Waals surface area (Å²) in [7, 11) is 5.79. The molecule has 0 rings (SSSR count). The third-order valence-electron chi connectivity index (χ3n) is 2.43. The Labute approximate surface area is 95.6 Å². The maximum atomic E-state index is 11.5. The summed E-state index contributed by atoms with van der Waals surface area (Å²) in [4.78, 5) is 11.5. The molecule has 2 radical (unpaired) electrons. The maximum Gasteiger partial charge on any atom is 0.129 e. The van der Waals surface area contributed by atoms with E-state index < -0.39 is 0 Å². The lowest BCUT2D eigenvalue weighted by atomic mass is 9.76. The third kappa shape index (κ3) is 7.60. The Hall–Kier alpha value is -0.305. The van der Waals surface area contributed by atoms with E-state index in [1.165, 1.54) is 0 Å². The van der Waals surface area contributed by atoms with E-state index in [1.807, 2.05) is 13.8 Å². The van der Waals surface area contributed by atoms with Gasteiger partial charge in [0.1, 0.15) is 5.78 Å². The monoisotopic (exact) mass is 209 g/mol. The van der Waals surface area contributed by atoms with Crippen LogP contribution >= 0.6 is 0 Å². The van der Waals surface area contributed by atoms with Gasteiger partial charge in [-0.2, -0.15) is 0 Å². The number of unbranched alkanes of at least 4 members (excludes halogenated alkanes) is 1. The summed E-state index contributed by atoms with van der Waals surface area (Å²) in [6, 6.07) is 0.538. The predicted molar refractivity (Wildman–Crippen MR) is 66.3 cm³/mol. The molecule has 0 spiro atoms. The average Bonchev–Trinajstić information content (AvgIpc) is 2.15. The molecule has 3 heteroatoms. The van der Waals surface area contributed by atoms with Crippen molar-refractivity contribution >= 4 is 13.6 Å². The molecule has 1 unspecified atom stereocenters. The SMILES string of the molecule is [B]C(CCCCNC(C)C)C(=O)C(C)C. The number of carbonyl (C=O) groups is 1. The Kier molecular flexibility index (Phi) is 7.76. The van der Waals surface area contributed by atoms with Crippen LogP contribution in [0.15, 0.2) is 0 Å². The van der Waals surface area contributed by atoms with Gasteiger partial charge in [-0.05, 0) is 18.8 Å². The van der Waals surface area contributed by atoms with Crippen LogP contribution in [0.5, 0.6) is 0 Å². The number of nitrogens with one attached hydrogen (secondary N) is 1. The molecular formula is C12H24BNO. The molecule has 1 N–H and O–H groups in total. The molecule has 0 aromatic heterocycles. The number of hydrogen-bond acceptors (Lipinski definition) is 2. The summed E-state index contributed by atoms with van der Waals surface area (Å²) >= 11 is 0. The predicted octanol–water partition coefficient (Wildman–Crippen LogP) is 2.34. The molecule has 0 aromatic rings. The van der Waals surface area contributed by atoms with Gasteiger partial charge in [0.05, 0.1) is 7.85 Å². The number of hydrogen-bond donors (Lipinski definition) is 1. The van der Waals surface area contributed by atoms with Crippen LogP contribution in [-0.2, 0) is 4.79 Å². The summed E-state index contributed by atoms with van der Waals surface area (Å²) in [6.45, 7) is 9.09. The van der Waals surface area contributed by atoms with Gasteiger partial charge >= 0.3 is 0 Å². The van der Waals surface area contributed by atoms with Crippen LogP contribution in [0, 0.1) is 5.92 Å². The number of carbonyl (C=O) groups excluding carboxylic acids is 1. The second-order valence-electron chi connectivity index (χ2n) is 4.77. The van der Waals surface area contributed by atoms with Crippen molar-refractivity contribution in [3.05, 3.63) is 0 Å². The largest absolute Gasteiger partial charge is 0.315 e. The minimum atomic E-state index is -0.260. The molecule has 0 aliphatic heterocycles. The van der Waals surface area contributed by atoms with Crippen molar-refractivity contribution in [3.8, 4) is 0 Å². The highest BCUT2D eigenvalue weighted by atomic mass is 16.1. The summed E-state index contributed by atoms with van der Waals surface area (Å²) in [5, 5.41) is 3.35. The molecule has 0 saturated heterocycles. The summed E-state index contributed by atoms with van der Waals surface area (Å²) in [5.74, 6) is -0.00958. The Morgan fingerprint density at radius 2 is 1.80 bits per heavy atom. The van der Waals surface area contributed by atoms with E-state index >= 15 is 0 Å². The van der Waals surface area contributed by atoms with Crippen LogP contribution in [0.4, 0.5) is 0 Å². The number of rotatable bonds is 8. The molecule has 0 heterocycles. The van der Waals surface area contributed by atoms with E-state index in [0.717, 1.165) is 25.8 Å². The molecule has 0 fully saturated rings. The van der Waals surface area contributed by atoms with Gasteiger partial charge in [0.15, 0.2) is 0 Å². The molecule has 0 aliphatic carbocycles. The van der Waals surface area contributed by atoms with Gasteiger partial charge < -0.3 is 5.32 Å². The second kappa shape index (κ2) is 7.92. The van der Waals surface area contributed by atoms with Crippen molar-refractivity contribution in [2.45, 2.75) is 58.8 Å². The number of Topliss-reactive ketones (excluding diaryl/α,β-unsaturated/α-hetero) is 1. The molecule has 86 valence electrons. The van der Waals surface area contributed by atoms with Crippen molar-refractivity contribution in [2.75, 3.05) is 6.54 Å². The fourth-order valence-electron chi connectivity index (χ4n) is 1.45. The number of ketones is 1. The Balaban J connectivity index is 3.47. The molecule has 15 heavy (non-hydrogen) atoms. The van der Waals surface area contributed by atoms with Crippen LogP contribution < -0.4 is 5.32 Å². The summed E-state index contributed by atoms with van der Waals surface area (Å²) in [6.07, 6.45) is 2.94. The Bertz CT molecular complexity index is 180. The van der Waals surface area contributed by atoms with Gasteiger partial charge in [-0.1, -0.05) is 40.5 Å². The molecule has 0 aliphatic rings. The third-order valence-corrected chi connectivity index (χ3v) is 2.43. The molecule has 2 nitrogen and oxygen atoms in total. The summed E-state index contributed by atoms with van der Waals surface area (Å²) < 4.78 is 0. The van der Waals surface area contributed by atoms with E-state index in [0.29, 0.717) is 6.04 Å². The lowest BCUT2D eigenvalue weighted by Gasteiger charge is -2.13. The van der Waals surface area contributed by atoms with E-state index in [2.05, 4.69) is 19.2 Å². The highest BCUT2D eigenvalue weighted by Crippen LogP contribution is 2.16. The Morgan fingerprint density at radius 3 is 2.27 bits per heavy atom. The van der Waals surface area contributed by atoms with Crippen LogP contribution in [0.3, 0.4) is 0 Å². The Morgan fingerprint density at radius 1 is 1.20 bits per heavy atom. The van der Waals surface area contributed by atoms with Gasteiger partial charge in [-0.25, -0.2) is 0 Å². The molecule has 0 amide bonds. The van der Waals surface area contributed by atoms with Crippen molar-refractivity contribution in [2.24, 2.45) is 5.92 Å². The maximum absolute atomic E-state index is 11.5. The van der Waals surface area contributed by atoms with Gasteiger partial charge in [-0.15, -0.1) is 0 Å². The minimum Gasteiger partial charge on any atom is -0.315 e. The van der Waals surface area contributed by atoms with E-state index in [9.17, 15) is 4.79 Å². The van der Waals surface area contributed by atoms with Crippen molar-refractivity contribution in [3.63, 3.8) is 0 Å². The van der Waals surface area contributed by atoms with Crippen molar-refractivity contribution in [1.29, 1.82) is 0 Å². The standard InChI is InChI=1S/C12H24BNO/c1-9(2)12(15)11(13)7-5-6-8-14-10(3)4/h9-11,14H,5-8H2,1-4H3. The first-order valence-corrected chi connectivity index (χ1v) is 5.97. The van der Waals surface area contributed by atoms with E-state index in [1.54, 1.807) is 0 Å². The minimum absolute atomic E-state index is 0.0637. The first-order chi connectivity index (χ1) is 6.95. The molecule has 1 atom stereocenters. The molecule has 0 saturated carbocycles. The zero-order valence-electron chi connectivity index (χ0n) is 10.5. The highest BCUT2D eigenvalue weighted by molar-refractivity contribution is 6.24. The topological polar surface area (TPSA) is 29.1 Å². The van der Waals surface area contributed by atoms with Crippen molar-refractivity contribution in [1.82, 2.24) is 5.32 Å². The normalized spacial score (nSPS) is 13.5. The smallest absolute Gasteiger partial charge is 0.129 e.